The van der Waals surface area contributed by atoms with Crippen LogP contribution in [0, 0.1) is 11.2 Å². The minimum atomic E-state index is -3.31. The highest BCUT2D eigenvalue weighted by Gasteiger charge is 2.47. The first-order chi connectivity index (χ1) is 16.4. The molecule has 2 aliphatic rings. The van der Waals surface area contributed by atoms with Crippen LogP contribution in [-0.2, 0) is 22.9 Å². The molecule has 1 aromatic carbocycles. The number of halogens is 1. The van der Waals surface area contributed by atoms with Crippen molar-refractivity contribution in [1.29, 1.82) is 0 Å². The number of rotatable bonds is 6. The Morgan fingerprint density at radius 2 is 1.74 bits per heavy atom. The molecule has 2 saturated heterocycles. The molecule has 1 N–H and O–H groups in total. The SMILES string of the molecule is CC1(C)CCC2(CCN(c3ncc(C(=O)O)c(CCc4ccc(F)cc4)n3)CC2)CN1S(C)(=O)=O. The molecule has 8 nitrogen and oxygen atoms in total. The fraction of sp³-hybridized carbons (Fsp3) is 0.560. The summed E-state index contributed by atoms with van der Waals surface area (Å²) in [5.41, 5.74) is 0.975. The van der Waals surface area contributed by atoms with Gasteiger partial charge in [-0.15, -0.1) is 0 Å². The smallest absolute Gasteiger partial charge is 0.339 e. The summed E-state index contributed by atoms with van der Waals surface area (Å²) < 4.78 is 39.7. The molecule has 190 valence electrons. The summed E-state index contributed by atoms with van der Waals surface area (Å²) in [5, 5.41) is 9.60. The molecule has 0 bridgehead atoms. The van der Waals surface area contributed by atoms with Gasteiger partial charge in [0.25, 0.3) is 0 Å². The highest BCUT2D eigenvalue weighted by molar-refractivity contribution is 7.88. The summed E-state index contributed by atoms with van der Waals surface area (Å²) in [5.74, 6) is -0.891. The lowest BCUT2D eigenvalue weighted by Gasteiger charge is -2.52. The normalized spacial score (nSPS) is 20.2. The van der Waals surface area contributed by atoms with E-state index in [4.69, 9.17) is 0 Å². The molecular formula is C25H33FN4O4S. The monoisotopic (exact) mass is 504 g/mol. The third-order valence-corrected chi connectivity index (χ3v) is 9.00. The van der Waals surface area contributed by atoms with Crippen molar-refractivity contribution in [2.24, 2.45) is 5.41 Å². The van der Waals surface area contributed by atoms with E-state index in [0.29, 0.717) is 44.1 Å². The van der Waals surface area contributed by atoms with Crippen LogP contribution in [0.3, 0.4) is 0 Å². The van der Waals surface area contributed by atoms with Crippen LogP contribution in [0.5, 0.6) is 0 Å². The third-order valence-electron chi connectivity index (χ3n) is 7.58. The van der Waals surface area contributed by atoms with Crippen LogP contribution in [0.2, 0.25) is 0 Å². The topological polar surface area (TPSA) is 104 Å². The molecule has 4 rings (SSSR count). The van der Waals surface area contributed by atoms with E-state index in [1.54, 1.807) is 16.4 Å². The fourth-order valence-corrected chi connectivity index (χ4v) is 6.79. The quantitative estimate of drug-likeness (QED) is 0.642. The predicted molar refractivity (Wildman–Crippen MR) is 132 cm³/mol. The van der Waals surface area contributed by atoms with Gasteiger partial charge in [0.15, 0.2) is 0 Å². The highest BCUT2D eigenvalue weighted by Crippen LogP contribution is 2.46. The largest absolute Gasteiger partial charge is 0.478 e. The van der Waals surface area contributed by atoms with E-state index < -0.39 is 16.0 Å². The number of sulfonamides is 1. The summed E-state index contributed by atoms with van der Waals surface area (Å²) in [7, 11) is -3.31. The van der Waals surface area contributed by atoms with E-state index in [1.165, 1.54) is 24.6 Å². The zero-order chi connectivity index (χ0) is 25.4. The zero-order valence-corrected chi connectivity index (χ0v) is 21.3. The van der Waals surface area contributed by atoms with E-state index in [9.17, 15) is 22.7 Å². The Balaban J connectivity index is 1.48. The first kappa shape index (κ1) is 25.5. The first-order valence-electron chi connectivity index (χ1n) is 12.0. The maximum atomic E-state index is 13.2. The third kappa shape index (κ3) is 5.64. The van der Waals surface area contributed by atoms with Crippen molar-refractivity contribution < 1.29 is 22.7 Å². The lowest BCUT2D eigenvalue weighted by molar-refractivity contribution is 0.0396. The molecule has 10 heteroatoms. The number of carboxylic acids is 1. The molecule has 0 amide bonds. The average molecular weight is 505 g/mol. The number of aryl methyl sites for hydroxylation is 2. The highest BCUT2D eigenvalue weighted by atomic mass is 32.2. The van der Waals surface area contributed by atoms with Gasteiger partial charge in [-0.25, -0.2) is 27.6 Å². The Morgan fingerprint density at radius 1 is 1.09 bits per heavy atom. The van der Waals surface area contributed by atoms with Crippen LogP contribution in [0.25, 0.3) is 0 Å². The molecule has 1 aromatic heterocycles. The Kier molecular flexibility index (Phi) is 6.89. The second kappa shape index (κ2) is 9.46. The first-order valence-corrected chi connectivity index (χ1v) is 13.8. The van der Waals surface area contributed by atoms with Crippen molar-refractivity contribution in [2.75, 3.05) is 30.8 Å². The van der Waals surface area contributed by atoms with Gasteiger partial charge in [0.1, 0.15) is 5.82 Å². The van der Waals surface area contributed by atoms with Crippen LogP contribution in [-0.4, -0.2) is 65.2 Å². The number of nitrogens with zero attached hydrogens (tertiary/aromatic N) is 4. The molecule has 0 aliphatic carbocycles. The van der Waals surface area contributed by atoms with Gasteiger partial charge in [-0.3, -0.25) is 0 Å². The van der Waals surface area contributed by atoms with Crippen molar-refractivity contribution in [3.8, 4) is 0 Å². The van der Waals surface area contributed by atoms with Crippen molar-refractivity contribution >= 4 is 21.9 Å². The maximum absolute atomic E-state index is 13.2. The van der Waals surface area contributed by atoms with Crippen LogP contribution >= 0.6 is 0 Å². The Bertz CT molecular complexity index is 1190. The number of anilines is 1. The molecule has 35 heavy (non-hydrogen) atoms. The van der Waals surface area contributed by atoms with Crippen molar-refractivity contribution in [3.05, 3.63) is 53.1 Å². The molecule has 1 spiro atoms. The molecule has 2 fully saturated rings. The molecular weight excluding hydrogens is 471 g/mol. The Morgan fingerprint density at radius 3 is 2.34 bits per heavy atom. The Labute approximate surface area is 206 Å². The zero-order valence-electron chi connectivity index (χ0n) is 20.5. The number of hydrogen-bond donors (Lipinski definition) is 1. The number of aromatic carboxylic acids is 1. The number of carbonyl (C=O) groups is 1. The Hall–Kier alpha value is -2.59. The molecule has 3 heterocycles. The van der Waals surface area contributed by atoms with E-state index >= 15 is 0 Å². The standard InChI is InChI=1S/C25H33FN4O4S/c1-24(2)10-11-25(17-30(24)35(3,33)34)12-14-29(15-13-25)23-27-16-20(22(31)32)21(28-23)9-6-18-4-7-19(26)8-5-18/h4-5,7-8,16H,6,9-15,17H2,1-3H3,(H,31,32). The number of piperidine rings is 2. The second-order valence-corrected chi connectivity index (χ2v) is 12.4. The predicted octanol–water partition coefficient (Wildman–Crippen LogP) is 3.52. The lowest BCUT2D eigenvalue weighted by Crippen LogP contribution is -2.58. The number of benzene rings is 1. The number of carboxylic acid groups (broad SMARTS) is 1. The fourth-order valence-electron chi connectivity index (χ4n) is 5.29. The van der Waals surface area contributed by atoms with Crippen LogP contribution in [0.4, 0.5) is 10.3 Å². The van der Waals surface area contributed by atoms with Crippen molar-refractivity contribution in [3.63, 3.8) is 0 Å². The van der Waals surface area contributed by atoms with Crippen molar-refractivity contribution in [1.82, 2.24) is 14.3 Å². The van der Waals surface area contributed by atoms with Gasteiger partial charge in [-0.2, -0.15) is 4.31 Å². The van der Waals surface area contributed by atoms with E-state index in [2.05, 4.69) is 14.9 Å². The molecule has 0 saturated carbocycles. The van der Waals surface area contributed by atoms with Gasteiger partial charge < -0.3 is 10.0 Å². The summed E-state index contributed by atoms with van der Waals surface area (Å²) in [6.07, 6.45) is 7.03. The van der Waals surface area contributed by atoms with E-state index in [1.807, 2.05) is 13.8 Å². The van der Waals surface area contributed by atoms with Gasteiger partial charge in [-0.1, -0.05) is 12.1 Å². The molecule has 0 radical (unpaired) electrons. The molecule has 0 atom stereocenters. The second-order valence-electron chi connectivity index (χ2n) is 10.5. The number of aromatic nitrogens is 2. The lowest BCUT2D eigenvalue weighted by atomic mass is 9.69. The van der Waals surface area contributed by atoms with Crippen molar-refractivity contribution in [2.45, 2.75) is 57.9 Å². The van der Waals surface area contributed by atoms with Crippen LogP contribution in [0.15, 0.2) is 30.5 Å². The van der Waals surface area contributed by atoms with Crippen LogP contribution < -0.4 is 4.90 Å². The summed E-state index contributed by atoms with van der Waals surface area (Å²) in [6.45, 7) is 5.86. The van der Waals surface area contributed by atoms with Gasteiger partial charge in [0.05, 0.1) is 17.5 Å². The van der Waals surface area contributed by atoms with E-state index in [0.717, 1.165) is 31.2 Å². The molecule has 2 aliphatic heterocycles. The van der Waals surface area contributed by atoms with Gasteiger partial charge in [0.2, 0.25) is 16.0 Å². The average Bonchev–Trinajstić information content (AvgIpc) is 2.80. The summed E-state index contributed by atoms with van der Waals surface area (Å²) in [4.78, 5) is 22.7. The minimum Gasteiger partial charge on any atom is -0.478 e. The van der Waals surface area contributed by atoms with Gasteiger partial charge in [0, 0.05) is 31.4 Å². The van der Waals surface area contributed by atoms with Gasteiger partial charge in [-0.05, 0) is 75.5 Å². The van der Waals surface area contributed by atoms with E-state index in [-0.39, 0.29) is 22.3 Å². The van der Waals surface area contributed by atoms with Crippen LogP contribution in [0.1, 0.15) is 61.1 Å². The molecule has 2 aromatic rings. The minimum absolute atomic E-state index is 0.0679. The van der Waals surface area contributed by atoms with Gasteiger partial charge >= 0.3 is 5.97 Å². The summed E-state index contributed by atoms with van der Waals surface area (Å²) in [6, 6.07) is 6.15. The maximum Gasteiger partial charge on any atom is 0.339 e. The molecule has 0 unspecified atom stereocenters. The summed E-state index contributed by atoms with van der Waals surface area (Å²) >= 11 is 0. The number of hydrogen-bond acceptors (Lipinski definition) is 6.